The Morgan fingerprint density at radius 2 is 2.20 bits per heavy atom. The number of carbonyl (C=O) groups excluding carboxylic acids is 1. The highest BCUT2D eigenvalue weighted by Crippen LogP contribution is 2.03. The summed E-state index contributed by atoms with van der Waals surface area (Å²) in [6.45, 7) is 3.10. The second kappa shape index (κ2) is 4.54. The molecule has 0 spiro atoms. The Hall–Kier alpha value is -1.91. The molecule has 2 N–H and O–H groups in total. The molecule has 1 aromatic rings. The minimum absolute atomic E-state index is 0.394. The third-order valence-corrected chi connectivity index (χ3v) is 1.97. The van der Waals surface area contributed by atoms with E-state index in [4.69, 9.17) is 5.11 Å². The number of nitrogens with zero attached hydrogens (tertiary/aromatic N) is 1. The van der Waals surface area contributed by atoms with Crippen molar-refractivity contribution in [3.05, 3.63) is 29.6 Å². The van der Waals surface area contributed by atoms with Crippen molar-refractivity contribution in [3.63, 3.8) is 0 Å². The van der Waals surface area contributed by atoms with Gasteiger partial charge in [0.25, 0.3) is 5.91 Å². The minimum atomic E-state index is -1.06. The van der Waals surface area contributed by atoms with E-state index in [1.165, 1.54) is 6.92 Å². The van der Waals surface area contributed by atoms with E-state index < -0.39 is 17.9 Å². The van der Waals surface area contributed by atoms with E-state index in [-0.39, 0.29) is 0 Å². The molecule has 5 nitrogen and oxygen atoms in total. The summed E-state index contributed by atoms with van der Waals surface area (Å²) in [5.74, 6) is -1.49. The number of nitrogens with one attached hydrogen (secondary N) is 1. The molecule has 80 valence electrons. The molecule has 0 bridgehead atoms. The Morgan fingerprint density at radius 3 is 2.73 bits per heavy atom. The first-order chi connectivity index (χ1) is 7.02. The molecule has 0 aliphatic heterocycles. The summed E-state index contributed by atoms with van der Waals surface area (Å²) in [7, 11) is 0. The van der Waals surface area contributed by atoms with E-state index in [0.29, 0.717) is 11.3 Å². The summed E-state index contributed by atoms with van der Waals surface area (Å²) in [5, 5.41) is 11.0. The van der Waals surface area contributed by atoms with Crippen LogP contribution in [0, 0.1) is 6.92 Å². The molecule has 0 aromatic carbocycles. The number of hydrogen-bond acceptors (Lipinski definition) is 3. The fourth-order valence-electron chi connectivity index (χ4n) is 1.06. The summed E-state index contributed by atoms with van der Waals surface area (Å²) < 4.78 is 0. The zero-order valence-corrected chi connectivity index (χ0v) is 8.52. The Morgan fingerprint density at radius 1 is 1.53 bits per heavy atom. The van der Waals surface area contributed by atoms with Gasteiger partial charge in [-0.2, -0.15) is 0 Å². The lowest BCUT2D eigenvalue weighted by Crippen LogP contribution is -2.38. The van der Waals surface area contributed by atoms with Crippen LogP contribution in [-0.4, -0.2) is 28.0 Å². The predicted molar refractivity (Wildman–Crippen MR) is 53.5 cm³/mol. The van der Waals surface area contributed by atoms with Crippen molar-refractivity contribution in [2.75, 3.05) is 0 Å². The number of rotatable bonds is 3. The van der Waals surface area contributed by atoms with Gasteiger partial charge in [0.1, 0.15) is 6.04 Å². The van der Waals surface area contributed by atoms with Crippen LogP contribution in [0.5, 0.6) is 0 Å². The van der Waals surface area contributed by atoms with Crippen molar-refractivity contribution in [2.24, 2.45) is 0 Å². The Balaban J connectivity index is 2.78. The molecule has 0 radical (unpaired) electrons. The molecule has 5 heteroatoms. The first kappa shape index (κ1) is 11.2. The molecule has 0 aliphatic rings. The van der Waals surface area contributed by atoms with Crippen molar-refractivity contribution < 1.29 is 14.7 Å². The van der Waals surface area contributed by atoms with Gasteiger partial charge in [-0.15, -0.1) is 0 Å². The highest BCUT2D eigenvalue weighted by molar-refractivity contribution is 5.97. The molecule has 1 unspecified atom stereocenters. The number of hydrogen-bond donors (Lipinski definition) is 2. The van der Waals surface area contributed by atoms with Crippen LogP contribution < -0.4 is 5.32 Å². The number of carboxylic acids is 1. The Kier molecular flexibility index (Phi) is 3.38. The van der Waals surface area contributed by atoms with Gasteiger partial charge in [-0.3, -0.25) is 14.6 Å². The zero-order chi connectivity index (χ0) is 11.4. The molecule has 1 aromatic heterocycles. The van der Waals surface area contributed by atoms with Crippen LogP contribution in [0.2, 0.25) is 0 Å². The summed E-state index contributed by atoms with van der Waals surface area (Å²) in [4.78, 5) is 26.0. The van der Waals surface area contributed by atoms with E-state index in [9.17, 15) is 9.59 Å². The van der Waals surface area contributed by atoms with E-state index in [1.54, 1.807) is 25.3 Å². The lowest BCUT2D eigenvalue weighted by molar-refractivity contribution is -0.138. The first-order valence-corrected chi connectivity index (χ1v) is 4.47. The van der Waals surface area contributed by atoms with Gasteiger partial charge in [-0.25, -0.2) is 0 Å². The van der Waals surface area contributed by atoms with Crippen LogP contribution in [0.25, 0.3) is 0 Å². The smallest absolute Gasteiger partial charge is 0.325 e. The average Bonchev–Trinajstić information content (AvgIpc) is 2.18. The minimum Gasteiger partial charge on any atom is -0.480 e. The largest absolute Gasteiger partial charge is 0.480 e. The van der Waals surface area contributed by atoms with Crippen LogP contribution >= 0.6 is 0 Å². The number of amides is 1. The Bertz CT molecular complexity index is 390. The normalized spacial score (nSPS) is 11.9. The molecule has 0 saturated heterocycles. The van der Waals surface area contributed by atoms with E-state index in [2.05, 4.69) is 10.3 Å². The highest BCUT2D eigenvalue weighted by Gasteiger charge is 2.16. The number of carboxylic acid groups (broad SMARTS) is 1. The molecule has 1 atom stereocenters. The molecule has 1 amide bonds. The lowest BCUT2D eigenvalue weighted by Gasteiger charge is -2.09. The van der Waals surface area contributed by atoms with Crippen LogP contribution in [0.1, 0.15) is 23.0 Å². The van der Waals surface area contributed by atoms with Crippen molar-refractivity contribution in [1.82, 2.24) is 10.3 Å². The van der Waals surface area contributed by atoms with Crippen LogP contribution in [0.15, 0.2) is 18.3 Å². The van der Waals surface area contributed by atoms with Gasteiger partial charge >= 0.3 is 5.97 Å². The lowest BCUT2D eigenvalue weighted by atomic mass is 10.2. The van der Waals surface area contributed by atoms with Crippen molar-refractivity contribution in [1.29, 1.82) is 0 Å². The van der Waals surface area contributed by atoms with Crippen LogP contribution in [-0.2, 0) is 4.79 Å². The summed E-state index contributed by atoms with van der Waals surface area (Å²) in [5.41, 5.74) is 0.971. The standard InChI is InChI=1S/C10H12N2O3/c1-6-8(4-3-5-11-6)9(13)12-7(2)10(14)15/h3-5,7H,1-2H3,(H,12,13)(H,14,15). The molecule has 0 saturated carbocycles. The molecule has 0 fully saturated rings. The van der Waals surface area contributed by atoms with Crippen LogP contribution in [0.3, 0.4) is 0 Å². The summed E-state index contributed by atoms with van der Waals surface area (Å²) in [6.07, 6.45) is 1.58. The van der Waals surface area contributed by atoms with Gasteiger partial charge in [-0.1, -0.05) is 0 Å². The third kappa shape index (κ3) is 2.77. The number of aryl methyl sites for hydroxylation is 1. The number of aromatic nitrogens is 1. The number of carbonyl (C=O) groups is 2. The second-order valence-electron chi connectivity index (χ2n) is 3.17. The van der Waals surface area contributed by atoms with Gasteiger partial charge in [-0.05, 0) is 26.0 Å². The highest BCUT2D eigenvalue weighted by atomic mass is 16.4. The number of aliphatic carboxylic acids is 1. The monoisotopic (exact) mass is 208 g/mol. The molecule has 1 rings (SSSR count). The van der Waals surface area contributed by atoms with E-state index >= 15 is 0 Å². The second-order valence-corrected chi connectivity index (χ2v) is 3.17. The fraction of sp³-hybridized carbons (Fsp3) is 0.300. The molecular formula is C10H12N2O3. The van der Waals surface area contributed by atoms with Crippen molar-refractivity contribution in [2.45, 2.75) is 19.9 Å². The maximum atomic E-state index is 11.6. The zero-order valence-electron chi connectivity index (χ0n) is 8.52. The van der Waals surface area contributed by atoms with Crippen molar-refractivity contribution >= 4 is 11.9 Å². The first-order valence-electron chi connectivity index (χ1n) is 4.47. The maximum Gasteiger partial charge on any atom is 0.325 e. The third-order valence-electron chi connectivity index (χ3n) is 1.97. The molecule has 1 heterocycles. The van der Waals surface area contributed by atoms with Gasteiger partial charge in [0.05, 0.1) is 5.56 Å². The molecular weight excluding hydrogens is 196 g/mol. The summed E-state index contributed by atoms with van der Waals surface area (Å²) in [6, 6.07) is 2.33. The SMILES string of the molecule is Cc1ncccc1C(=O)NC(C)C(=O)O. The van der Waals surface area contributed by atoms with Crippen LogP contribution in [0.4, 0.5) is 0 Å². The quantitative estimate of drug-likeness (QED) is 0.762. The van der Waals surface area contributed by atoms with Crippen molar-refractivity contribution in [3.8, 4) is 0 Å². The van der Waals surface area contributed by atoms with E-state index in [1.807, 2.05) is 0 Å². The molecule has 15 heavy (non-hydrogen) atoms. The predicted octanol–water partition coefficient (Wildman–Crippen LogP) is 0.593. The van der Waals surface area contributed by atoms with Gasteiger partial charge in [0, 0.05) is 11.9 Å². The maximum absolute atomic E-state index is 11.6. The van der Waals surface area contributed by atoms with E-state index in [0.717, 1.165) is 0 Å². The van der Waals surface area contributed by atoms with Gasteiger partial charge in [0.2, 0.25) is 0 Å². The Labute approximate surface area is 87.1 Å². The number of pyridine rings is 1. The van der Waals surface area contributed by atoms with Gasteiger partial charge < -0.3 is 10.4 Å². The average molecular weight is 208 g/mol. The summed E-state index contributed by atoms with van der Waals surface area (Å²) >= 11 is 0. The topological polar surface area (TPSA) is 79.3 Å². The molecule has 0 aliphatic carbocycles. The van der Waals surface area contributed by atoms with Gasteiger partial charge in [0.15, 0.2) is 0 Å². The fourth-order valence-corrected chi connectivity index (χ4v) is 1.06.